The van der Waals surface area contributed by atoms with Gasteiger partial charge in [0.25, 0.3) is 0 Å². The van der Waals surface area contributed by atoms with E-state index in [0.29, 0.717) is 35.7 Å². The Labute approximate surface area is 105 Å². The maximum Gasteiger partial charge on any atom is 0.180 e. The van der Waals surface area contributed by atoms with Gasteiger partial charge in [-0.05, 0) is 26.0 Å². The molecule has 0 fully saturated rings. The van der Waals surface area contributed by atoms with E-state index in [1.807, 2.05) is 19.1 Å². The molecule has 94 valence electrons. The Morgan fingerprint density at radius 2 is 2.17 bits per heavy atom. The van der Waals surface area contributed by atoms with Crippen molar-refractivity contribution in [3.63, 3.8) is 0 Å². The third-order valence-electron chi connectivity index (χ3n) is 2.61. The second-order valence-electron chi connectivity index (χ2n) is 3.76. The fourth-order valence-electron chi connectivity index (χ4n) is 1.77. The van der Waals surface area contributed by atoms with Crippen LogP contribution >= 0.6 is 0 Å². The van der Waals surface area contributed by atoms with E-state index in [2.05, 4.69) is 4.98 Å². The lowest BCUT2D eigenvalue weighted by atomic mass is 10.2. The van der Waals surface area contributed by atoms with E-state index < -0.39 is 0 Å². The van der Waals surface area contributed by atoms with Gasteiger partial charge in [-0.1, -0.05) is 12.1 Å². The molecule has 1 aromatic carbocycles. The van der Waals surface area contributed by atoms with Crippen molar-refractivity contribution in [2.24, 2.45) is 0 Å². The Hall–Kier alpha value is -2.30. The van der Waals surface area contributed by atoms with Crippen LogP contribution in [0.5, 0.6) is 5.75 Å². The van der Waals surface area contributed by atoms with Gasteiger partial charge in [-0.2, -0.15) is 4.73 Å². The van der Waals surface area contributed by atoms with Crippen LogP contribution in [-0.2, 0) is 0 Å². The number of aldehydes is 1. The molecule has 1 N–H and O–H groups in total. The van der Waals surface area contributed by atoms with Gasteiger partial charge >= 0.3 is 0 Å². The van der Waals surface area contributed by atoms with Gasteiger partial charge in [-0.3, -0.25) is 4.79 Å². The summed E-state index contributed by atoms with van der Waals surface area (Å²) in [5.74, 6) is 0.927. The average Bonchev–Trinajstić information content (AvgIpc) is 2.65. The van der Waals surface area contributed by atoms with Crippen molar-refractivity contribution in [3.05, 3.63) is 35.7 Å². The number of aryl methyl sites for hydroxylation is 1. The molecular weight excluding hydrogens is 232 g/mol. The van der Waals surface area contributed by atoms with Gasteiger partial charge in [-0.25, -0.2) is 4.98 Å². The smallest absolute Gasteiger partial charge is 0.180 e. The number of aromatic nitrogens is 2. The molecule has 0 aliphatic heterocycles. The minimum Gasteiger partial charge on any atom is -0.493 e. The lowest BCUT2D eigenvalue weighted by Crippen LogP contribution is -2.01. The van der Waals surface area contributed by atoms with Crippen molar-refractivity contribution in [3.8, 4) is 17.1 Å². The first-order chi connectivity index (χ1) is 8.69. The van der Waals surface area contributed by atoms with Crippen LogP contribution < -0.4 is 4.74 Å². The fourth-order valence-corrected chi connectivity index (χ4v) is 1.77. The predicted octanol–water partition coefficient (Wildman–Crippen LogP) is 2.31. The number of hydrogen-bond donors (Lipinski definition) is 1. The zero-order valence-electron chi connectivity index (χ0n) is 10.3. The molecule has 0 aliphatic rings. The summed E-state index contributed by atoms with van der Waals surface area (Å²) in [7, 11) is 0. The largest absolute Gasteiger partial charge is 0.493 e. The normalized spacial score (nSPS) is 10.3. The fraction of sp³-hybridized carbons (Fsp3) is 0.231. The van der Waals surface area contributed by atoms with Gasteiger partial charge in [-0.15, -0.1) is 0 Å². The van der Waals surface area contributed by atoms with E-state index in [9.17, 15) is 10.0 Å². The molecule has 0 unspecified atom stereocenters. The topological polar surface area (TPSA) is 64.3 Å². The van der Waals surface area contributed by atoms with Gasteiger partial charge in [0.05, 0.1) is 17.9 Å². The highest BCUT2D eigenvalue weighted by molar-refractivity contribution is 5.77. The summed E-state index contributed by atoms with van der Waals surface area (Å²) in [4.78, 5) is 15.0. The number of ether oxygens (including phenoxy) is 1. The highest BCUT2D eigenvalue weighted by Crippen LogP contribution is 2.29. The monoisotopic (exact) mass is 246 g/mol. The molecule has 0 amide bonds. The summed E-state index contributed by atoms with van der Waals surface area (Å²) >= 11 is 0. The summed E-state index contributed by atoms with van der Waals surface area (Å²) < 4.78 is 6.27. The van der Waals surface area contributed by atoms with E-state index in [1.54, 1.807) is 19.1 Å². The highest BCUT2D eigenvalue weighted by Gasteiger charge is 2.17. The van der Waals surface area contributed by atoms with Gasteiger partial charge in [0.2, 0.25) is 0 Å². The van der Waals surface area contributed by atoms with Crippen molar-refractivity contribution < 1.29 is 14.7 Å². The summed E-state index contributed by atoms with van der Waals surface area (Å²) in [6.45, 7) is 4.07. The van der Waals surface area contributed by atoms with Crippen LogP contribution in [0.3, 0.4) is 0 Å². The minimum atomic E-state index is 0.149. The number of hydrogen-bond acceptors (Lipinski definition) is 4. The Morgan fingerprint density at radius 1 is 1.44 bits per heavy atom. The van der Waals surface area contributed by atoms with Crippen LogP contribution in [-0.4, -0.2) is 27.8 Å². The van der Waals surface area contributed by atoms with Crippen LogP contribution in [0.15, 0.2) is 24.3 Å². The second kappa shape index (κ2) is 4.91. The molecule has 18 heavy (non-hydrogen) atoms. The Kier molecular flexibility index (Phi) is 3.32. The van der Waals surface area contributed by atoms with Crippen LogP contribution in [0, 0.1) is 6.92 Å². The van der Waals surface area contributed by atoms with Crippen LogP contribution in [0.25, 0.3) is 11.4 Å². The molecule has 0 aliphatic carbocycles. The first kappa shape index (κ1) is 12.2. The average molecular weight is 246 g/mol. The van der Waals surface area contributed by atoms with Gasteiger partial charge < -0.3 is 9.94 Å². The van der Waals surface area contributed by atoms with Crippen molar-refractivity contribution in [1.29, 1.82) is 0 Å². The van der Waals surface area contributed by atoms with Crippen molar-refractivity contribution in [2.75, 3.05) is 6.61 Å². The second-order valence-corrected chi connectivity index (χ2v) is 3.76. The molecule has 0 radical (unpaired) electrons. The number of benzene rings is 1. The van der Waals surface area contributed by atoms with Crippen molar-refractivity contribution in [2.45, 2.75) is 13.8 Å². The SMILES string of the molecule is CCOc1ccccc1-c1nc(C)c(C=O)n1O. The molecule has 0 spiro atoms. The highest BCUT2D eigenvalue weighted by atomic mass is 16.5. The number of carbonyl (C=O) groups excluding carboxylic acids is 1. The summed E-state index contributed by atoms with van der Waals surface area (Å²) in [5.41, 5.74) is 1.28. The van der Waals surface area contributed by atoms with Gasteiger partial charge in [0.15, 0.2) is 12.1 Å². The molecule has 1 aromatic heterocycles. The maximum atomic E-state index is 10.9. The van der Waals surface area contributed by atoms with Crippen molar-refractivity contribution >= 4 is 6.29 Å². The molecule has 2 rings (SSSR count). The number of carbonyl (C=O) groups is 1. The lowest BCUT2D eigenvalue weighted by Gasteiger charge is -2.08. The molecule has 5 heteroatoms. The number of imidazole rings is 1. The quantitative estimate of drug-likeness (QED) is 0.664. The third-order valence-corrected chi connectivity index (χ3v) is 2.61. The first-order valence-corrected chi connectivity index (χ1v) is 5.65. The summed E-state index contributed by atoms with van der Waals surface area (Å²) in [6.07, 6.45) is 0.578. The van der Waals surface area contributed by atoms with E-state index in [1.165, 1.54) is 0 Å². The number of para-hydroxylation sites is 1. The zero-order valence-corrected chi connectivity index (χ0v) is 10.3. The molecule has 0 atom stereocenters. The first-order valence-electron chi connectivity index (χ1n) is 5.65. The van der Waals surface area contributed by atoms with Gasteiger partial charge in [0.1, 0.15) is 11.4 Å². The van der Waals surface area contributed by atoms with Gasteiger partial charge in [0, 0.05) is 0 Å². The number of rotatable bonds is 4. The van der Waals surface area contributed by atoms with Crippen LogP contribution in [0.2, 0.25) is 0 Å². The Bertz CT molecular complexity index is 576. The zero-order chi connectivity index (χ0) is 13.1. The molecule has 5 nitrogen and oxygen atoms in total. The summed E-state index contributed by atoms with van der Waals surface area (Å²) in [6, 6.07) is 7.24. The molecule has 2 aromatic rings. The summed E-state index contributed by atoms with van der Waals surface area (Å²) in [5, 5.41) is 9.92. The van der Waals surface area contributed by atoms with Crippen molar-refractivity contribution in [1.82, 2.24) is 9.71 Å². The Balaban J connectivity index is 2.58. The molecule has 0 bridgehead atoms. The standard InChI is InChI=1S/C13H14N2O3/c1-3-18-12-7-5-4-6-10(12)13-14-9(2)11(8-16)15(13)17/h4-8,17H,3H2,1-2H3. The van der Waals surface area contributed by atoms with E-state index in [4.69, 9.17) is 4.74 Å². The van der Waals surface area contributed by atoms with E-state index >= 15 is 0 Å². The van der Waals surface area contributed by atoms with E-state index in [-0.39, 0.29) is 5.69 Å². The molecular formula is C13H14N2O3. The van der Waals surface area contributed by atoms with Crippen LogP contribution in [0.4, 0.5) is 0 Å². The molecule has 0 saturated carbocycles. The molecule has 1 heterocycles. The maximum absolute atomic E-state index is 10.9. The molecule has 0 saturated heterocycles. The van der Waals surface area contributed by atoms with E-state index in [0.717, 1.165) is 4.73 Å². The predicted molar refractivity (Wildman–Crippen MR) is 66.1 cm³/mol. The minimum absolute atomic E-state index is 0.149. The lowest BCUT2D eigenvalue weighted by molar-refractivity contribution is 0.107. The van der Waals surface area contributed by atoms with Crippen LogP contribution in [0.1, 0.15) is 23.1 Å². The third kappa shape index (κ3) is 1.95. The Morgan fingerprint density at radius 3 is 2.78 bits per heavy atom. The number of nitrogens with zero attached hydrogens (tertiary/aromatic N) is 2.